The summed E-state index contributed by atoms with van der Waals surface area (Å²) in [5, 5.41) is 2.61. The number of ketones is 1. The van der Waals surface area contributed by atoms with E-state index in [9.17, 15) is 9.59 Å². The molecule has 0 aromatic rings. The van der Waals surface area contributed by atoms with Gasteiger partial charge in [-0.2, -0.15) is 0 Å². The summed E-state index contributed by atoms with van der Waals surface area (Å²) < 4.78 is 0. The van der Waals surface area contributed by atoms with E-state index in [1.807, 2.05) is 0 Å². The van der Waals surface area contributed by atoms with Crippen LogP contribution < -0.4 is 5.32 Å². The van der Waals surface area contributed by atoms with Gasteiger partial charge in [-0.05, 0) is 13.3 Å². The molecule has 1 atom stereocenters. The van der Waals surface area contributed by atoms with Gasteiger partial charge in [0.1, 0.15) is 0 Å². The fourth-order valence-corrected chi connectivity index (χ4v) is 0.790. The molecule has 0 bridgehead atoms. The van der Waals surface area contributed by atoms with Crippen molar-refractivity contribution in [2.24, 2.45) is 0 Å². The van der Waals surface area contributed by atoms with E-state index >= 15 is 0 Å². The highest BCUT2D eigenvalue weighted by Crippen LogP contribution is 1.95. The summed E-state index contributed by atoms with van der Waals surface area (Å²) in [6.07, 6.45) is 2.53. The molecule has 0 aliphatic heterocycles. The third-order valence-corrected chi connectivity index (χ3v) is 1.55. The minimum Gasteiger partial charge on any atom is -0.346 e. The third kappa shape index (κ3) is 3.91. The predicted octanol–water partition coefficient (Wildman–Crippen LogP) is 1.05. The quantitative estimate of drug-likeness (QED) is 0.625. The van der Waals surface area contributed by atoms with Crippen LogP contribution in [-0.4, -0.2) is 17.7 Å². The van der Waals surface area contributed by atoms with E-state index in [-0.39, 0.29) is 11.7 Å². The van der Waals surface area contributed by atoms with Crippen LogP contribution in [0.25, 0.3) is 0 Å². The van der Waals surface area contributed by atoms with Crippen LogP contribution in [0.4, 0.5) is 0 Å². The van der Waals surface area contributed by atoms with E-state index in [1.54, 1.807) is 13.0 Å². The zero-order valence-electron chi connectivity index (χ0n) is 7.59. The Morgan fingerprint density at radius 3 is 2.50 bits per heavy atom. The Labute approximate surface area is 72.8 Å². The van der Waals surface area contributed by atoms with Gasteiger partial charge in [-0.1, -0.05) is 13.0 Å². The van der Waals surface area contributed by atoms with Gasteiger partial charge in [-0.25, -0.2) is 0 Å². The van der Waals surface area contributed by atoms with Crippen LogP contribution in [-0.2, 0) is 9.59 Å². The Balaban J connectivity index is 4.03. The lowest BCUT2D eigenvalue weighted by atomic mass is 10.1. The second kappa shape index (κ2) is 5.52. The molecular weight excluding hydrogens is 154 g/mol. The molecule has 12 heavy (non-hydrogen) atoms. The number of nitrogens with one attached hydrogen (secondary N) is 1. The fraction of sp³-hybridized carbons (Fsp3) is 0.556. The molecule has 1 N–H and O–H groups in total. The van der Waals surface area contributed by atoms with Gasteiger partial charge < -0.3 is 5.32 Å². The summed E-state index contributed by atoms with van der Waals surface area (Å²) in [6.45, 7) is 6.73. The van der Waals surface area contributed by atoms with Gasteiger partial charge in [-0.3, -0.25) is 9.59 Å². The average molecular weight is 169 g/mol. The molecule has 1 amide bonds. The first-order chi connectivity index (χ1) is 5.61. The highest BCUT2D eigenvalue weighted by molar-refractivity contribution is 5.87. The summed E-state index contributed by atoms with van der Waals surface area (Å²) in [5.74, 6) is -0.131. The van der Waals surface area contributed by atoms with Crippen LogP contribution in [0.2, 0.25) is 0 Å². The third-order valence-electron chi connectivity index (χ3n) is 1.55. The van der Waals surface area contributed by atoms with Crippen LogP contribution >= 0.6 is 0 Å². The van der Waals surface area contributed by atoms with E-state index in [1.165, 1.54) is 6.92 Å². The standard InChI is InChI=1S/C9H15NO2/c1-4-6-8(7(3)11)10-9(12)5-2/h4,8H,1,5-6H2,2-3H3,(H,10,12)/t8-/m0/s1. The molecule has 3 heteroatoms. The van der Waals surface area contributed by atoms with Crippen molar-refractivity contribution in [3.8, 4) is 0 Å². The molecule has 68 valence electrons. The van der Waals surface area contributed by atoms with Crippen molar-refractivity contribution in [2.45, 2.75) is 32.7 Å². The lowest BCUT2D eigenvalue weighted by molar-refractivity contribution is -0.126. The first-order valence-electron chi connectivity index (χ1n) is 4.02. The molecule has 0 saturated carbocycles. The number of Topliss-reactive ketones (excluding diaryl/α,β-unsaturated/α-hetero) is 1. The van der Waals surface area contributed by atoms with E-state index in [4.69, 9.17) is 0 Å². The molecule has 0 heterocycles. The topological polar surface area (TPSA) is 46.2 Å². The molecule has 0 aromatic heterocycles. The van der Waals surface area contributed by atoms with Gasteiger partial charge in [0.15, 0.2) is 5.78 Å². The summed E-state index contributed by atoms with van der Waals surface area (Å²) in [6, 6.07) is -0.394. The van der Waals surface area contributed by atoms with Gasteiger partial charge in [0.25, 0.3) is 0 Å². The van der Waals surface area contributed by atoms with Crippen LogP contribution in [0.15, 0.2) is 12.7 Å². The first kappa shape index (κ1) is 10.9. The largest absolute Gasteiger partial charge is 0.346 e. The predicted molar refractivity (Wildman–Crippen MR) is 47.7 cm³/mol. The Morgan fingerprint density at radius 1 is 1.58 bits per heavy atom. The van der Waals surface area contributed by atoms with Crippen LogP contribution in [0.3, 0.4) is 0 Å². The molecular formula is C9H15NO2. The normalized spacial score (nSPS) is 11.8. The van der Waals surface area contributed by atoms with Crippen molar-refractivity contribution in [3.63, 3.8) is 0 Å². The minimum absolute atomic E-state index is 0.0308. The average Bonchev–Trinajstić information content (AvgIpc) is 2.03. The highest BCUT2D eigenvalue weighted by atomic mass is 16.2. The molecule has 0 aliphatic carbocycles. The number of amides is 1. The maximum atomic E-state index is 10.9. The van der Waals surface area contributed by atoms with Crippen LogP contribution in [0.5, 0.6) is 0 Å². The number of hydrogen-bond acceptors (Lipinski definition) is 2. The highest BCUT2D eigenvalue weighted by Gasteiger charge is 2.13. The Morgan fingerprint density at radius 2 is 2.17 bits per heavy atom. The van der Waals surface area contributed by atoms with Gasteiger partial charge in [0, 0.05) is 6.42 Å². The first-order valence-corrected chi connectivity index (χ1v) is 4.02. The SMILES string of the molecule is C=CC[C@H](NC(=O)CC)C(C)=O. The van der Waals surface area contributed by atoms with E-state index in [0.717, 1.165) is 0 Å². The van der Waals surface area contributed by atoms with E-state index < -0.39 is 6.04 Å². The molecule has 0 spiro atoms. The van der Waals surface area contributed by atoms with E-state index in [0.29, 0.717) is 12.8 Å². The molecule has 0 aromatic carbocycles. The lowest BCUT2D eigenvalue weighted by Gasteiger charge is -2.12. The smallest absolute Gasteiger partial charge is 0.220 e. The van der Waals surface area contributed by atoms with E-state index in [2.05, 4.69) is 11.9 Å². The Hall–Kier alpha value is -1.12. The number of carbonyl (C=O) groups is 2. The maximum absolute atomic E-state index is 10.9. The van der Waals surface area contributed by atoms with Gasteiger partial charge in [-0.15, -0.1) is 6.58 Å². The monoisotopic (exact) mass is 169 g/mol. The molecule has 0 unspecified atom stereocenters. The second-order valence-corrected chi connectivity index (χ2v) is 2.61. The fourth-order valence-electron chi connectivity index (χ4n) is 0.790. The Bertz CT molecular complexity index is 187. The van der Waals surface area contributed by atoms with Crippen LogP contribution in [0, 0.1) is 0 Å². The van der Waals surface area contributed by atoms with Gasteiger partial charge >= 0.3 is 0 Å². The second-order valence-electron chi connectivity index (χ2n) is 2.61. The summed E-state index contributed by atoms with van der Waals surface area (Å²) in [7, 11) is 0. The number of rotatable bonds is 5. The number of hydrogen-bond donors (Lipinski definition) is 1. The zero-order chi connectivity index (χ0) is 9.56. The molecule has 3 nitrogen and oxygen atoms in total. The number of carbonyl (C=O) groups excluding carboxylic acids is 2. The van der Waals surface area contributed by atoms with Crippen molar-refractivity contribution in [1.29, 1.82) is 0 Å². The summed E-state index contributed by atoms with van der Waals surface area (Å²) in [5.41, 5.74) is 0. The maximum Gasteiger partial charge on any atom is 0.220 e. The minimum atomic E-state index is -0.394. The molecule has 0 saturated heterocycles. The zero-order valence-corrected chi connectivity index (χ0v) is 7.59. The summed E-state index contributed by atoms with van der Waals surface area (Å²) >= 11 is 0. The lowest BCUT2D eigenvalue weighted by Crippen LogP contribution is -2.38. The van der Waals surface area contributed by atoms with Crippen molar-refractivity contribution < 1.29 is 9.59 Å². The van der Waals surface area contributed by atoms with Crippen molar-refractivity contribution in [3.05, 3.63) is 12.7 Å². The molecule has 0 aliphatic rings. The van der Waals surface area contributed by atoms with Crippen molar-refractivity contribution >= 4 is 11.7 Å². The summed E-state index contributed by atoms with van der Waals surface area (Å²) in [4.78, 5) is 21.8. The molecule has 0 fully saturated rings. The van der Waals surface area contributed by atoms with Gasteiger partial charge in [0.05, 0.1) is 6.04 Å². The van der Waals surface area contributed by atoms with Crippen molar-refractivity contribution in [1.82, 2.24) is 5.32 Å². The van der Waals surface area contributed by atoms with Gasteiger partial charge in [0.2, 0.25) is 5.91 Å². The van der Waals surface area contributed by atoms with Crippen molar-refractivity contribution in [2.75, 3.05) is 0 Å². The van der Waals surface area contributed by atoms with Crippen LogP contribution in [0.1, 0.15) is 26.7 Å². The molecule has 0 radical (unpaired) electrons. The molecule has 0 rings (SSSR count). The Kier molecular flexibility index (Phi) is 5.00.